The fourth-order valence-corrected chi connectivity index (χ4v) is 1.49. The van der Waals surface area contributed by atoms with E-state index in [1.807, 2.05) is 19.1 Å². The third kappa shape index (κ3) is 3.31. The molecule has 1 atom stereocenters. The molecule has 1 aromatic carbocycles. The van der Waals surface area contributed by atoms with Gasteiger partial charge in [-0.05, 0) is 24.6 Å². The number of hydrogen-bond donors (Lipinski definition) is 3. The first kappa shape index (κ1) is 12.7. The number of rotatable bonds is 5. The second-order valence-corrected chi connectivity index (χ2v) is 3.69. The molecule has 0 heterocycles. The number of nitrogens with one attached hydrogen (secondary N) is 1. The van der Waals surface area contributed by atoms with E-state index in [0.717, 1.165) is 5.56 Å². The van der Waals surface area contributed by atoms with Crippen LogP contribution in [0.25, 0.3) is 0 Å². The second kappa shape index (κ2) is 6.23. The molecule has 0 fully saturated rings. The van der Waals surface area contributed by atoms with Gasteiger partial charge in [-0.3, -0.25) is 0 Å². The molecule has 1 aromatic rings. The summed E-state index contributed by atoms with van der Waals surface area (Å²) < 4.78 is 0. The number of aliphatic hydroxyl groups is 2. The summed E-state index contributed by atoms with van der Waals surface area (Å²) in [6.07, 6.45) is 0. The van der Waals surface area contributed by atoms with Crippen molar-refractivity contribution >= 4 is 0 Å². The van der Waals surface area contributed by atoms with Crippen LogP contribution in [0.15, 0.2) is 24.3 Å². The lowest BCUT2D eigenvalue weighted by molar-refractivity contribution is 0.163. The van der Waals surface area contributed by atoms with Crippen LogP contribution in [-0.4, -0.2) is 29.5 Å². The van der Waals surface area contributed by atoms with Gasteiger partial charge in [0, 0.05) is 6.04 Å². The molecule has 0 amide bonds. The fourth-order valence-electron chi connectivity index (χ4n) is 1.49. The summed E-state index contributed by atoms with van der Waals surface area (Å²) in [6.45, 7) is 1.70. The lowest BCUT2D eigenvalue weighted by Gasteiger charge is -2.20. The van der Waals surface area contributed by atoms with E-state index in [1.165, 1.54) is 0 Å². The Morgan fingerprint density at radius 1 is 1.38 bits per heavy atom. The average molecular weight is 220 g/mol. The molecule has 0 aliphatic rings. The Morgan fingerprint density at radius 2 is 2.06 bits per heavy atom. The molecule has 0 saturated heterocycles. The van der Waals surface area contributed by atoms with Gasteiger partial charge in [-0.25, -0.2) is 0 Å². The molecule has 0 saturated carbocycles. The molecule has 4 nitrogen and oxygen atoms in total. The zero-order valence-corrected chi connectivity index (χ0v) is 9.22. The Balaban J connectivity index is 2.72. The quantitative estimate of drug-likeness (QED) is 0.677. The summed E-state index contributed by atoms with van der Waals surface area (Å²) in [5, 5.41) is 29.7. The molecule has 16 heavy (non-hydrogen) atoms. The average Bonchev–Trinajstić information content (AvgIpc) is 2.35. The minimum atomic E-state index is -0.333. The molecule has 0 aliphatic carbocycles. The number of hydrogen-bond acceptors (Lipinski definition) is 4. The zero-order chi connectivity index (χ0) is 12.0. The topological polar surface area (TPSA) is 76.3 Å². The van der Waals surface area contributed by atoms with Crippen LogP contribution >= 0.6 is 0 Å². The van der Waals surface area contributed by atoms with Crippen LogP contribution in [0, 0.1) is 11.3 Å². The van der Waals surface area contributed by atoms with Crippen molar-refractivity contribution in [2.45, 2.75) is 19.0 Å². The van der Waals surface area contributed by atoms with Gasteiger partial charge in [0.1, 0.15) is 0 Å². The van der Waals surface area contributed by atoms with E-state index in [9.17, 15) is 0 Å². The first-order valence-corrected chi connectivity index (χ1v) is 5.19. The van der Waals surface area contributed by atoms with Crippen molar-refractivity contribution in [3.8, 4) is 6.07 Å². The van der Waals surface area contributed by atoms with Gasteiger partial charge in [-0.2, -0.15) is 5.26 Å². The summed E-state index contributed by atoms with van der Waals surface area (Å²) >= 11 is 0. The smallest absolute Gasteiger partial charge is 0.0991 e. The summed E-state index contributed by atoms with van der Waals surface area (Å²) in [6, 6.07) is 8.99. The summed E-state index contributed by atoms with van der Waals surface area (Å²) in [5.74, 6) is 0. The molecule has 0 aromatic heterocycles. The van der Waals surface area contributed by atoms with Crippen molar-refractivity contribution in [2.24, 2.45) is 0 Å². The van der Waals surface area contributed by atoms with Gasteiger partial charge in [-0.1, -0.05) is 12.1 Å². The van der Waals surface area contributed by atoms with Gasteiger partial charge in [0.05, 0.1) is 30.9 Å². The maximum Gasteiger partial charge on any atom is 0.0991 e. The zero-order valence-electron chi connectivity index (χ0n) is 9.22. The van der Waals surface area contributed by atoms with E-state index in [2.05, 4.69) is 11.4 Å². The molecule has 86 valence electrons. The highest BCUT2D eigenvalue weighted by Crippen LogP contribution is 2.14. The van der Waals surface area contributed by atoms with Crippen molar-refractivity contribution in [3.05, 3.63) is 35.4 Å². The first-order chi connectivity index (χ1) is 7.71. The third-order valence-corrected chi connectivity index (χ3v) is 2.44. The highest BCUT2D eigenvalue weighted by Gasteiger charge is 2.11. The number of aliphatic hydroxyl groups excluding tert-OH is 2. The largest absolute Gasteiger partial charge is 0.395 e. The van der Waals surface area contributed by atoms with Crippen molar-refractivity contribution < 1.29 is 10.2 Å². The molecule has 1 rings (SSSR count). The van der Waals surface area contributed by atoms with Crippen LogP contribution in [0.3, 0.4) is 0 Å². The normalized spacial score (nSPS) is 12.4. The Bertz CT molecular complexity index is 370. The van der Waals surface area contributed by atoms with Crippen LogP contribution in [0.2, 0.25) is 0 Å². The lowest BCUT2D eigenvalue weighted by atomic mass is 10.0. The van der Waals surface area contributed by atoms with Crippen LogP contribution < -0.4 is 5.32 Å². The van der Waals surface area contributed by atoms with Gasteiger partial charge >= 0.3 is 0 Å². The predicted molar refractivity (Wildman–Crippen MR) is 60.7 cm³/mol. The standard InChI is InChI=1S/C12H16N2O2/c1-9(14-12(7-15)8-16)11-4-2-3-10(5-11)6-13/h2-5,9,12,14-16H,7-8H2,1H3. The molecule has 4 heteroatoms. The number of nitrogens with zero attached hydrogens (tertiary/aromatic N) is 1. The van der Waals surface area contributed by atoms with Gasteiger partial charge in [-0.15, -0.1) is 0 Å². The first-order valence-electron chi connectivity index (χ1n) is 5.19. The van der Waals surface area contributed by atoms with Crippen molar-refractivity contribution in [1.82, 2.24) is 5.32 Å². The predicted octanol–water partition coefficient (Wildman–Crippen LogP) is 0.562. The minimum Gasteiger partial charge on any atom is -0.395 e. The number of nitriles is 1. The molecular formula is C12H16N2O2. The maximum absolute atomic E-state index is 8.95. The minimum absolute atomic E-state index is 0.0161. The molecule has 1 unspecified atom stereocenters. The van der Waals surface area contributed by atoms with E-state index < -0.39 is 0 Å². The molecule has 0 aliphatic heterocycles. The van der Waals surface area contributed by atoms with Crippen LogP contribution in [0.5, 0.6) is 0 Å². The molecular weight excluding hydrogens is 204 g/mol. The van der Waals surface area contributed by atoms with Gasteiger partial charge in [0.2, 0.25) is 0 Å². The van der Waals surface area contributed by atoms with Gasteiger partial charge < -0.3 is 15.5 Å². The van der Waals surface area contributed by atoms with Crippen LogP contribution in [-0.2, 0) is 0 Å². The molecule has 0 bridgehead atoms. The SMILES string of the molecule is CC(NC(CO)CO)c1cccc(C#N)c1. The van der Waals surface area contributed by atoms with E-state index in [0.29, 0.717) is 5.56 Å². The molecule has 3 N–H and O–H groups in total. The summed E-state index contributed by atoms with van der Waals surface area (Å²) in [5.41, 5.74) is 1.57. The Labute approximate surface area is 95.2 Å². The Kier molecular flexibility index (Phi) is 4.93. The molecule has 0 radical (unpaired) electrons. The van der Waals surface area contributed by atoms with Crippen molar-refractivity contribution in [3.63, 3.8) is 0 Å². The van der Waals surface area contributed by atoms with Crippen LogP contribution in [0.4, 0.5) is 0 Å². The monoisotopic (exact) mass is 220 g/mol. The van der Waals surface area contributed by atoms with Gasteiger partial charge in [0.15, 0.2) is 0 Å². The highest BCUT2D eigenvalue weighted by molar-refractivity contribution is 5.34. The van der Waals surface area contributed by atoms with E-state index in [1.54, 1.807) is 12.1 Å². The fraction of sp³-hybridized carbons (Fsp3) is 0.417. The lowest BCUT2D eigenvalue weighted by Crippen LogP contribution is -2.37. The van der Waals surface area contributed by atoms with Gasteiger partial charge in [0.25, 0.3) is 0 Å². The molecule has 0 spiro atoms. The van der Waals surface area contributed by atoms with E-state index >= 15 is 0 Å². The summed E-state index contributed by atoms with van der Waals surface area (Å²) in [4.78, 5) is 0. The van der Waals surface area contributed by atoms with E-state index in [4.69, 9.17) is 15.5 Å². The Hall–Kier alpha value is -1.41. The van der Waals surface area contributed by atoms with Crippen molar-refractivity contribution in [1.29, 1.82) is 5.26 Å². The maximum atomic E-state index is 8.95. The number of benzene rings is 1. The van der Waals surface area contributed by atoms with E-state index in [-0.39, 0.29) is 25.3 Å². The third-order valence-electron chi connectivity index (χ3n) is 2.44. The van der Waals surface area contributed by atoms with Crippen LogP contribution in [0.1, 0.15) is 24.1 Å². The van der Waals surface area contributed by atoms with Crippen molar-refractivity contribution in [2.75, 3.05) is 13.2 Å². The highest BCUT2D eigenvalue weighted by atomic mass is 16.3. The summed E-state index contributed by atoms with van der Waals surface area (Å²) in [7, 11) is 0. The second-order valence-electron chi connectivity index (χ2n) is 3.69. The Morgan fingerprint density at radius 3 is 2.62 bits per heavy atom.